The largest absolute Gasteiger partial charge is 0.489 e. The van der Waals surface area contributed by atoms with E-state index in [1.54, 1.807) is 0 Å². The molecule has 0 unspecified atom stereocenters. The molecular formula is C20H30Cl2N2O. The first kappa shape index (κ1) is 23.7. The quantitative estimate of drug-likeness (QED) is 0.608. The number of ether oxygens (including phenoxy) is 1. The molecule has 0 bridgehead atoms. The van der Waals surface area contributed by atoms with Crippen molar-refractivity contribution in [1.82, 2.24) is 10.2 Å². The van der Waals surface area contributed by atoms with Crippen molar-refractivity contribution in [3.63, 3.8) is 0 Å². The van der Waals surface area contributed by atoms with E-state index in [1.165, 1.54) is 11.1 Å². The summed E-state index contributed by atoms with van der Waals surface area (Å²) in [5.74, 6) is 0.917. The van der Waals surface area contributed by atoms with Crippen LogP contribution in [-0.2, 0) is 13.2 Å². The van der Waals surface area contributed by atoms with Gasteiger partial charge in [0, 0.05) is 19.6 Å². The molecule has 2 aromatic carbocycles. The maximum atomic E-state index is 5.81. The highest BCUT2D eigenvalue weighted by Gasteiger charge is 1.99. The highest BCUT2D eigenvalue weighted by atomic mass is 35.5. The molecule has 0 spiro atoms. The van der Waals surface area contributed by atoms with Crippen LogP contribution in [0.5, 0.6) is 5.75 Å². The van der Waals surface area contributed by atoms with Gasteiger partial charge in [-0.05, 0) is 36.3 Å². The molecule has 0 aromatic heterocycles. The summed E-state index contributed by atoms with van der Waals surface area (Å²) >= 11 is 0. The van der Waals surface area contributed by atoms with E-state index in [2.05, 4.69) is 48.3 Å². The fraction of sp³-hybridized carbons (Fsp3) is 0.400. The number of nitrogens with one attached hydrogen (secondary N) is 1. The standard InChI is InChI=1S/C20H28N2O.2ClH/c1-3-22(4-2)15-14-21-16-18-10-12-20(13-11-18)23-17-19-8-6-5-7-9-19;;/h5-13,21H,3-4,14-17H2,1-2H3;2*1H. The van der Waals surface area contributed by atoms with Gasteiger partial charge in [0.25, 0.3) is 0 Å². The van der Waals surface area contributed by atoms with Crippen LogP contribution >= 0.6 is 24.8 Å². The van der Waals surface area contributed by atoms with Gasteiger partial charge in [0.1, 0.15) is 12.4 Å². The molecule has 25 heavy (non-hydrogen) atoms. The fourth-order valence-corrected chi connectivity index (χ4v) is 2.45. The predicted octanol–water partition coefficient (Wildman–Crippen LogP) is 4.54. The van der Waals surface area contributed by atoms with Gasteiger partial charge in [0.15, 0.2) is 0 Å². The van der Waals surface area contributed by atoms with E-state index in [1.807, 2.05) is 30.3 Å². The van der Waals surface area contributed by atoms with E-state index in [4.69, 9.17) is 4.74 Å². The lowest BCUT2D eigenvalue weighted by Gasteiger charge is -2.18. The Kier molecular flexibility index (Phi) is 13.3. The molecule has 0 aliphatic heterocycles. The van der Waals surface area contributed by atoms with Crippen LogP contribution in [0.2, 0.25) is 0 Å². The van der Waals surface area contributed by atoms with E-state index in [0.29, 0.717) is 6.61 Å². The Morgan fingerprint density at radius 2 is 1.48 bits per heavy atom. The maximum absolute atomic E-state index is 5.81. The van der Waals surface area contributed by atoms with Gasteiger partial charge in [-0.2, -0.15) is 0 Å². The summed E-state index contributed by atoms with van der Waals surface area (Å²) in [4.78, 5) is 2.42. The Bertz CT molecular complexity index is 545. The number of nitrogens with zero attached hydrogens (tertiary/aromatic N) is 1. The Labute approximate surface area is 164 Å². The summed E-state index contributed by atoms with van der Waals surface area (Å²) in [5, 5.41) is 3.50. The molecule has 0 fully saturated rings. The molecule has 2 rings (SSSR count). The predicted molar refractivity (Wildman–Crippen MR) is 111 cm³/mol. The zero-order chi connectivity index (χ0) is 16.3. The first-order valence-corrected chi connectivity index (χ1v) is 8.50. The number of halogens is 2. The molecule has 0 amide bonds. The molecule has 0 radical (unpaired) electrons. The van der Waals surface area contributed by atoms with Crippen molar-refractivity contribution in [3.8, 4) is 5.75 Å². The van der Waals surface area contributed by atoms with Crippen molar-refractivity contribution in [2.45, 2.75) is 27.0 Å². The molecule has 0 atom stereocenters. The summed E-state index contributed by atoms with van der Waals surface area (Å²) in [6.45, 7) is 10.3. The third kappa shape index (κ3) is 9.13. The van der Waals surface area contributed by atoms with Gasteiger partial charge in [-0.15, -0.1) is 24.8 Å². The molecule has 5 heteroatoms. The smallest absolute Gasteiger partial charge is 0.119 e. The van der Waals surface area contributed by atoms with E-state index in [9.17, 15) is 0 Å². The van der Waals surface area contributed by atoms with Crippen LogP contribution in [0.1, 0.15) is 25.0 Å². The third-order valence-electron chi connectivity index (χ3n) is 4.00. The molecule has 1 N–H and O–H groups in total. The Hall–Kier alpha value is -1.26. The molecule has 2 aromatic rings. The van der Waals surface area contributed by atoms with E-state index in [-0.39, 0.29) is 24.8 Å². The fourth-order valence-electron chi connectivity index (χ4n) is 2.45. The second-order valence-electron chi connectivity index (χ2n) is 5.62. The summed E-state index contributed by atoms with van der Waals surface area (Å²) in [6, 6.07) is 18.6. The lowest BCUT2D eigenvalue weighted by atomic mass is 10.2. The second-order valence-corrected chi connectivity index (χ2v) is 5.62. The molecule has 0 saturated heterocycles. The summed E-state index contributed by atoms with van der Waals surface area (Å²) < 4.78 is 5.81. The number of benzene rings is 2. The first-order valence-electron chi connectivity index (χ1n) is 8.50. The molecule has 0 aliphatic rings. The topological polar surface area (TPSA) is 24.5 Å². The average molecular weight is 385 g/mol. The van der Waals surface area contributed by atoms with Crippen molar-refractivity contribution >= 4 is 24.8 Å². The van der Waals surface area contributed by atoms with Crippen LogP contribution in [0.25, 0.3) is 0 Å². The molecule has 0 heterocycles. The van der Waals surface area contributed by atoms with E-state index >= 15 is 0 Å². The molecule has 0 aliphatic carbocycles. The molecule has 3 nitrogen and oxygen atoms in total. The SMILES string of the molecule is CCN(CC)CCNCc1ccc(OCc2ccccc2)cc1.Cl.Cl. The molecule has 140 valence electrons. The maximum Gasteiger partial charge on any atom is 0.119 e. The van der Waals surface area contributed by atoms with Crippen LogP contribution in [0.3, 0.4) is 0 Å². The Morgan fingerprint density at radius 3 is 2.08 bits per heavy atom. The summed E-state index contributed by atoms with van der Waals surface area (Å²) in [6.07, 6.45) is 0. The van der Waals surface area contributed by atoms with Crippen LogP contribution in [0, 0.1) is 0 Å². The van der Waals surface area contributed by atoms with Gasteiger partial charge in [0.05, 0.1) is 0 Å². The number of hydrogen-bond donors (Lipinski definition) is 1. The first-order chi connectivity index (χ1) is 11.3. The van der Waals surface area contributed by atoms with E-state index < -0.39 is 0 Å². The van der Waals surface area contributed by atoms with Crippen molar-refractivity contribution in [2.24, 2.45) is 0 Å². The third-order valence-corrected chi connectivity index (χ3v) is 4.00. The summed E-state index contributed by atoms with van der Waals surface area (Å²) in [7, 11) is 0. The highest BCUT2D eigenvalue weighted by Crippen LogP contribution is 2.14. The van der Waals surface area contributed by atoms with Gasteiger partial charge in [-0.1, -0.05) is 56.3 Å². The van der Waals surface area contributed by atoms with Crippen LogP contribution in [0.15, 0.2) is 54.6 Å². The van der Waals surface area contributed by atoms with Crippen molar-refractivity contribution < 1.29 is 4.74 Å². The normalized spacial score (nSPS) is 10.0. The zero-order valence-corrected chi connectivity index (χ0v) is 16.7. The van der Waals surface area contributed by atoms with Crippen molar-refractivity contribution in [3.05, 3.63) is 65.7 Å². The zero-order valence-electron chi connectivity index (χ0n) is 15.1. The summed E-state index contributed by atoms with van der Waals surface area (Å²) in [5.41, 5.74) is 2.48. The second kappa shape index (κ2) is 14.0. The lowest BCUT2D eigenvalue weighted by molar-refractivity contribution is 0.302. The van der Waals surface area contributed by atoms with Gasteiger partial charge in [0.2, 0.25) is 0 Å². The molecular weight excluding hydrogens is 355 g/mol. The van der Waals surface area contributed by atoms with Crippen LogP contribution in [0.4, 0.5) is 0 Å². The minimum Gasteiger partial charge on any atom is -0.489 e. The van der Waals surface area contributed by atoms with Crippen molar-refractivity contribution in [2.75, 3.05) is 26.2 Å². The van der Waals surface area contributed by atoms with Gasteiger partial charge < -0.3 is 15.0 Å². The average Bonchev–Trinajstić information content (AvgIpc) is 2.62. The van der Waals surface area contributed by atoms with Gasteiger partial charge in [-0.3, -0.25) is 0 Å². The number of rotatable bonds is 10. The van der Waals surface area contributed by atoms with Crippen LogP contribution < -0.4 is 10.1 Å². The highest BCUT2D eigenvalue weighted by molar-refractivity contribution is 5.85. The van der Waals surface area contributed by atoms with Gasteiger partial charge in [-0.25, -0.2) is 0 Å². The number of likely N-dealkylation sites (N-methyl/N-ethyl adjacent to an activating group) is 1. The minimum atomic E-state index is 0. The lowest BCUT2D eigenvalue weighted by Crippen LogP contribution is -2.31. The monoisotopic (exact) mass is 384 g/mol. The minimum absolute atomic E-state index is 0. The van der Waals surface area contributed by atoms with Crippen molar-refractivity contribution in [1.29, 1.82) is 0 Å². The Morgan fingerprint density at radius 1 is 0.840 bits per heavy atom. The number of hydrogen-bond acceptors (Lipinski definition) is 3. The van der Waals surface area contributed by atoms with Crippen LogP contribution in [-0.4, -0.2) is 31.1 Å². The molecule has 0 saturated carbocycles. The van der Waals surface area contributed by atoms with Gasteiger partial charge >= 0.3 is 0 Å². The van der Waals surface area contributed by atoms with E-state index in [0.717, 1.165) is 38.5 Å². The Balaban J connectivity index is 0.00000288.